The highest BCUT2D eigenvalue weighted by Gasteiger charge is 2.09. The summed E-state index contributed by atoms with van der Waals surface area (Å²) >= 11 is 0. The van der Waals surface area contributed by atoms with Gasteiger partial charge in [-0.1, -0.05) is 12.1 Å². The lowest BCUT2D eigenvalue weighted by atomic mass is 10.1. The molecule has 0 amide bonds. The maximum atomic E-state index is 10.7. The Morgan fingerprint density at radius 1 is 1.19 bits per heavy atom. The molecule has 0 aliphatic heterocycles. The van der Waals surface area contributed by atoms with Crippen LogP contribution in [0.25, 0.3) is 22.3 Å². The summed E-state index contributed by atoms with van der Waals surface area (Å²) in [6.45, 7) is 0.415. The van der Waals surface area contributed by atoms with E-state index in [0.29, 0.717) is 30.1 Å². The van der Waals surface area contributed by atoms with Crippen LogP contribution in [0, 0.1) is 0 Å². The number of fused-ring (bicyclic) bond motifs is 1. The highest BCUT2D eigenvalue weighted by molar-refractivity contribution is 5.78. The second kappa shape index (κ2) is 7.74. The molecule has 0 bridgehead atoms. The van der Waals surface area contributed by atoms with Gasteiger partial charge in [-0.2, -0.15) is 0 Å². The second-order valence-electron chi connectivity index (χ2n) is 5.76. The van der Waals surface area contributed by atoms with Crippen molar-refractivity contribution in [1.82, 2.24) is 0 Å². The number of carbonyl (C=O) groups is 1. The molecule has 0 fully saturated rings. The van der Waals surface area contributed by atoms with E-state index in [-0.39, 0.29) is 12.2 Å². The summed E-state index contributed by atoms with van der Waals surface area (Å²) in [6, 6.07) is 14.3. The topological polar surface area (TPSA) is 92.3 Å². The molecule has 0 radical (unpaired) electrons. The number of methoxy groups -OCH3 is 1. The van der Waals surface area contributed by atoms with E-state index in [1.807, 2.05) is 30.3 Å². The van der Waals surface area contributed by atoms with Crippen molar-refractivity contribution in [3.63, 3.8) is 0 Å². The molecular formula is C20H19NO5. The zero-order valence-corrected chi connectivity index (χ0v) is 14.3. The number of aromatic hydroxyl groups is 1. The smallest absolute Gasteiger partial charge is 0.303 e. The van der Waals surface area contributed by atoms with Crippen LogP contribution < -0.4 is 10.1 Å². The summed E-state index contributed by atoms with van der Waals surface area (Å²) < 4.78 is 11.1. The van der Waals surface area contributed by atoms with Gasteiger partial charge in [-0.05, 0) is 36.8 Å². The van der Waals surface area contributed by atoms with Crippen molar-refractivity contribution in [3.8, 4) is 22.8 Å². The Bertz CT molecular complexity index is 1010. The number of phenolic OH excluding ortho intramolecular Hbond substituents is 1. The number of carboxylic acids is 1. The van der Waals surface area contributed by atoms with Crippen molar-refractivity contribution in [2.45, 2.75) is 12.8 Å². The molecule has 1 aromatic heterocycles. The molecule has 3 rings (SSSR count). The molecule has 2 N–H and O–H groups in total. The van der Waals surface area contributed by atoms with Gasteiger partial charge in [-0.3, -0.25) is 9.79 Å². The van der Waals surface area contributed by atoms with Gasteiger partial charge in [0, 0.05) is 30.0 Å². The lowest BCUT2D eigenvalue weighted by molar-refractivity contribution is -0.137. The molecule has 26 heavy (non-hydrogen) atoms. The van der Waals surface area contributed by atoms with E-state index >= 15 is 0 Å². The number of benzene rings is 2. The fraction of sp³-hybridized carbons (Fsp3) is 0.200. The first-order chi connectivity index (χ1) is 12.6. The van der Waals surface area contributed by atoms with E-state index < -0.39 is 5.97 Å². The van der Waals surface area contributed by atoms with Crippen LogP contribution in [-0.4, -0.2) is 29.8 Å². The van der Waals surface area contributed by atoms with Crippen molar-refractivity contribution < 1.29 is 24.2 Å². The third-order valence-corrected chi connectivity index (χ3v) is 3.95. The lowest BCUT2D eigenvalue weighted by Gasteiger charge is -2.08. The number of para-hydroxylation sites is 1. The summed E-state index contributed by atoms with van der Waals surface area (Å²) in [7, 11) is 1.49. The zero-order chi connectivity index (χ0) is 18.5. The summed E-state index contributed by atoms with van der Waals surface area (Å²) in [5.41, 5.74) is 1.42. The van der Waals surface area contributed by atoms with Crippen molar-refractivity contribution in [2.24, 2.45) is 4.99 Å². The van der Waals surface area contributed by atoms with Crippen LogP contribution in [0.4, 0.5) is 0 Å². The first kappa shape index (κ1) is 17.5. The van der Waals surface area contributed by atoms with Crippen LogP contribution in [0.3, 0.4) is 0 Å². The minimum Gasteiger partial charge on any atom is -0.504 e. The number of ether oxygens (including phenoxy) is 1. The van der Waals surface area contributed by atoms with Gasteiger partial charge in [-0.15, -0.1) is 0 Å². The summed E-state index contributed by atoms with van der Waals surface area (Å²) in [5.74, 6) is 0.158. The van der Waals surface area contributed by atoms with Crippen molar-refractivity contribution in [3.05, 3.63) is 53.9 Å². The first-order valence-electron chi connectivity index (χ1n) is 8.21. The van der Waals surface area contributed by atoms with Gasteiger partial charge in [0.2, 0.25) is 0 Å². The quantitative estimate of drug-likeness (QED) is 0.661. The molecular weight excluding hydrogens is 334 g/mol. The van der Waals surface area contributed by atoms with Crippen LogP contribution in [0.15, 0.2) is 57.9 Å². The SMILES string of the molecule is COc1cc(-c2cc(=NCCCC(=O)O)c3ccccc3o2)ccc1O. The average Bonchev–Trinajstić information content (AvgIpc) is 2.65. The third-order valence-electron chi connectivity index (χ3n) is 3.95. The number of hydrogen-bond acceptors (Lipinski definition) is 5. The standard InChI is InChI=1S/C20H19NO5/c1-25-19-11-13(8-9-16(19)22)18-12-15(21-10-4-7-20(23)24)14-5-2-3-6-17(14)26-18/h2-3,5-6,8-9,11-12,22H,4,7,10H2,1H3,(H,23,24). The van der Waals surface area contributed by atoms with Crippen LogP contribution in [0.2, 0.25) is 0 Å². The normalized spacial score (nSPS) is 11.7. The predicted octanol–water partition coefficient (Wildman–Crippen LogP) is 3.58. The van der Waals surface area contributed by atoms with Crippen LogP contribution in [0.1, 0.15) is 12.8 Å². The monoisotopic (exact) mass is 353 g/mol. The molecule has 6 nitrogen and oxygen atoms in total. The number of phenols is 1. The van der Waals surface area contributed by atoms with Gasteiger partial charge in [-0.25, -0.2) is 0 Å². The molecule has 2 aromatic carbocycles. The summed E-state index contributed by atoms with van der Waals surface area (Å²) in [4.78, 5) is 15.2. The van der Waals surface area contributed by atoms with Gasteiger partial charge >= 0.3 is 5.97 Å². The number of carboxylic acid groups (broad SMARTS) is 1. The highest BCUT2D eigenvalue weighted by Crippen LogP contribution is 2.31. The summed E-state index contributed by atoms with van der Waals surface area (Å²) in [6.07, 6.45) is 0.554. The minimum atomic E-state index is -0.829. The fourth-order valence-electron chi connectivity index (χ4n) is 2.65. The van der Waals surface area contributed by atoms with Gasteiger partial charge in [0.05, 0.1) is 12.5 Å². The molecule has 0 unspecified atom stereocenters. The van der Waals surface area contributed by atoms with E-state index in [1.165, 1.54) is 7.11 Å². The maximum absolute atomic E-state index is 10.7. The zero-order valence-electron chi connectivity index (χ0n) is 14.3. The molecule has 0 atom stereocenters. The molecule has 1 heterocycles. The molecule has 3 aromatic rings. The molecule has 0 spiro atoms. The predicted molar refractivity (Wildman–Crippen MR) is 97.2 cm³/mol. The second-order valence-corrected chi connectivity index (χ2v) is 5.76. The third kappa shape index (κ3) is 3.85. The Hall–Kier alpha value is -3.28. The molecule has 0 saturated carbocycles. The molecule has 0 aliphatic rings. The van der Waals surface area contributed by atoms with Gasteiger partial charge < -0.3 is 19.4 Å². The van der Waals surface area contributed by atoms with Gasteiger partial charge in [0.15, 0.2) is 11.5 Å². The van der Waals surface area contributed by atoms with E-state index in [9.17, 15) is 9.90 Å². The number of hydrogen-bond donors (Lipinski definition) is 2. The Morgan fingerprint density at radius 2 is 2.00 bits per heavy atom. The molecule has 0 aliphatic carbocycles. The van der Waals surface area contributed by atoms with Gasteiger partial charge in [0.25, 0.3) is 0 Å². The number of nitrogens with zero attached hydrogens (tertiary/aromatic N) is 1. The van der Waals surface area contributed by atoms with E-state index in [2.05, 4.69) is 4.99 Å². The Morgan fingerprint density at radius 3 is 2.77 bits per heavy atom. The van der Waals surface area contributed by atoms with Crippen molar-refractivity contribution in [2.75, 3.05) is 13.7 Å². The highest BCUT2D eigenvalue weighted by atomic mass is 16.5. The Labute approximate surface area is 150 Å². The Balaban J connectivity index is 2.07. The molecule has 0 saturated heterocycles. The van der Waals surface area contributed by atoms with Gasteiger partial charge in [0.1, 0.15) is 11.3 Å². The van der Waals surface area contributed by atoms with Crippen molar-refractivity contribution in [1.29, 1.82) is 0 Å². The van der Waals surface area contributed by atoms with Crippen LogP contribution >= 0.6 is 0 Å². The van der Waals surface area contributed by atoms with E-state index in [4.69, 9.17) is 14.3 Å². The number of aliphatic carboxylic acids is 1. The minimum absolute atomic E-state index is 0.0515. The Kier molecular flexibility index (Phi) is 5.22. The van der Waals surface area contributed by atoms with E-state index in [1.54, 1.807) is 18.2 Å². The van der Waals surface area contributed by atoms with Crippen LogP contribution in [-0.2, 0) is 4.79 Å². The maximum Gasteiger partial charge on any atom is 0.303 e. The van der Waals surface area contributed by atoms with Crippen LogP contribution in [0.5, 0.6) is 11.5 Å². The van der Waals surface area contributed by atoms with Crippen molar-refractivity contribution >= 4 is 16.9 Å². The molecule has 6 heteroatoms. The molecule has 134 valence electrons. The average molecular weight is 353 g/mol. The summed E-state index contributed by atoms with van der Waals surface area (Å²) in [5, 5.41) is 20.1. The fourth-order valence-corrected chi connectivity index (χ4v) is 2.65. The van der Waals surface area contributed by atoms with E-state index in [0.717, 1.165) is 16.3 Å². The number of rotatable bonds is 6. The lowest BCUT2D eigenvalue weighted by Crippen LogP contribution is -2.06. The first-order valence-corrected chi connectivity index (χ1v) is 8.21. The largest absolute Gasteiger partial charge is 0.504 e.